The molecule has 0 radical (unpaired) electrons. The maximum absolute atomic E-state index is 12.9. The number of aromatic nitrogens is 1. The average Bonchev–Trinajstić information content (AvgIpc) is 3.59. The normalized spacial score (nSPS) is 18.4. The van der Waals surface area contributed by atoms with Gasteiger partial charge in [0.05, 0.1) is 17.5 Å². The Morgan fingerprint density at radius 2 is 1.86 bits per heavy atom. The number of thiazole rings is 1. The molecule has 36 heavy (non-hydrogen) atoms. The maximum atomic E-state index is 12.9. The first kappa shape index (κ1) is 24.5. The zero-order valence-corrected chi connectivity index (χ0v) is 21.3. The van der Waals surface area contributed by atoms with Crippen molar-refractivity contribution in [2.45, 2.75) is 6.42 Å². The number of amides is 2. The lowest BCUT2D eigenvalue weighted by molar-refractivity contribution is -0.132. The molecule has 3 aromatic rings. The van der Waals surface area contributed by atoms with E-state index < -0.39 is 0 Å². The number of likely N-dealkylation sites (tertiary alicyclic amines) is 1. The lowest BCUT2D eigenvalue weighted by Gasteiger charge is -2.36. The van der Waals surface area contributed by atoms with Crippen LogP contribution in [0.2, 0.25) is 5.02 Å². The molecule has 2 fully saturated rings. The summed E-state index contributed by atoms with van der Waals surface area (Å²) in [5.74, 6) is -0.193. The van der Waals surface area contributed by atoms with E-state index in [1.54, 1.807) is 17.4 Å². The number of hydrogen-bond acceptors (Lipinski definition) is 7. The van der Waals surface area contributed by atoms with Crippen molar-refractivity contribution in [3.8, 4) is 16.3 Å². The van der Waals surface area contributed by atoms with Crippen molar-refractivity contribution in [2.24, 2.45) is 5.92 Å². The monoisotopic (exact) mass is 525 g/mol. The molecule has 2 aliphatic rings. The molecule has 2 aromatic carbocycles. The van der Waals surface area contributed by atoms with Crippen LogP contribution in [0.1, 0.15) is 6.42 Å². The van der Waals surface area contributed by atoms with E-state index in [1.807, 2.05) is 16.5 Å². The number of hydrogen-bond donors (Lipinski definition) is 2. The number of nitrogens with zero attached hydrogens (tertiary/aromatic N) is 4. The molecule has 0 aliphatic carbocycles. The SMILES string of the molecule is O=C(Nc1ccc(O)c(Cl)c1)[C@@H]1CCN(CC(=O)N2CCN(c3ccc(-c4nccs4)cc3)CC2)C1. The Morgan fingerprint density at radius 1 is 1.08 bits per heavy atom. The first-order valence-corrected chi connectivity index (χ1v) is 13.3. The van der Waals surface area contributed by atoms with Crippen molar-refractivity contribution in [3.63, 3.8) is 0 Å². The number of anilines is 2. The Balaban J connectivity index is 1.07. The molecule has 2 amide bonds. The summed E-state index contributed by atoms with van der Waals surface area (Å²) in [5.41, 5.74) is 2.82. The van der Waals surface area contributed by atoms with Gasteiger partial charge in [0.25, 0.3) is 0 Å². The van der Waals surface area contributed by atoms with E-state index in [-0.39, 0.29) is 28.5 Å². The molecule has 5 rings (SSSR count). The first-order valence-electron chi connectivity index (χ1n) is 12.0. The van der Waals surface area contributed by atoms with E-state index in [0.717, 1.165) is 29.3 Å². The van der Waals surface area contributed by atoms with Gasteiger partial charge in [0, 0.05) is 61.2 Å². The van der Waals surface area contributed by atoms with Crippen LogP contribution in [-0.4, -0.2) is 77.5 Å². The zero-order chi connectivity index (χ0) is 25.1. The van der Waals surface area contributed by atoms with Crippen molar-refractivity contribution in [3.05, 3.63) is 59.1 Å². The van der Waals surface area contributed by atoms with E-state index in [2.05, 4.69) is 44.4 Å². The van der Waals surface area contributed by atoms with Crippen LogP contribution in [0.5, 0.6) is 5.75 Å². The van der Waals surface area contributed by atoms with Crippen molar-refractivity contribution >= 4 is 46.1 Å². The number of phenolic OH excluding ortho intramolecular Hbond substituents is 1. The maximum Gasteiger partial charge on any atom is 0.236 e. The minimum atomic E-state index is -0.186. The predicted octanol–water partition coefficient (Wildman–Crippen LogP) is 3.78. The number of benzene rings is 2. The fraction of sp³-hybridized carbons (Fsp3) is 0.346. The van der Waals surface area contributed by atoms with Crippen molar-refractivity contribution in [1.82, 2.24) is 14.8 Å². The summed E-state index contributed by atoms with van der Waals surface area (Å²) < 4.78 is 0. The molecule has 0 unspecified atom stereocenters. The van der Waals surface area contributed by atoms with Crippen molar-refractivity contribution in [1.29, 1.82) is 0 Å². The van der Waals surface area contributed by atoms with Crippen LogP contribution in [0, 0.1) is 5.92 Å². The average molecular weight is 526 g/mol. The van der Waals surface area contributed by atoms with Crippen molar-refractivity contribution in [2.75, 3.05) is 56.0 Å². The second-order valence-electron chi connectivity index (χ2n) is 9.13. The Kier molecular flexibility index (Phi) is 7.41. The van der Waals surface area contributed by atoms with Gasteiger partial charge in [-0.15, -0.1) is 11.3 Å². The number of aromatic hydroxyl groups is 1. The first-order chi connectivity index (χ1) is 17.5. The lowest BCUT2D eigenvalue weighted by Crippen LogP contribution is -2.51. The second kappa shape index (κ2) is 10.9. The summed E-state index contributed by atoms with van der Waals surface area (Å²) in [5, 5.41) is 15.6. The summed E-state index contributed by atoms with van der Waals surface area (Å²) in [4.78, 5) is 36.2. The molecule has 1 aromatic heterocycles. The van der Waals surface area contributed by atoms with Gasteiger partial charge in [0.1, 0.15) is 10.8 Å². The standard InChI is InChI=1S/C26H28ClN5O3S/c27-22-15-20(3-6-23(22)33)29-25(35)19-7-9-30(16-19)17-24(34)32-12-10-31(11-13-32)21-4-1-18(2-5-21)26-28-8-14-36-26/h1-6,8,14-15,19,33H,7,9-13,16-17H2,(H,29,35)/t19-/m1/s1. The minimum Gasteiger partial charge on any atom is -0.506 e. The second-order valence-corrected chi connectivity index (χ2v) is 10.4. The van der Waals surface area contributed by atoms with Gasteiger partial charge in [-0.3, -0.25) is 14.5 Å². The molecule has 8 nitrogen and oxygen atoms in total. The van der Waals surface area contributed by atoms with Crippen LogP contribution in [0.3, 0.4) is 0 Å². The Hall–Kier alpha value is -3.14. The number of rotatable bonds is 6. The molecule has 0 saturated carbocycles. The number of carbonyl (C=O) groups excluding carboxylic acids is 2. The van der Waals surface area contributed by atoms with Gasteiger partial charge in [0.15, 0.2) is 0 Å². The number of halogens is 1. The number of carbonyl (C=O) groups is 2. The Labute approximate surface area is 219 Å². The van der Waals surface area contributed by atoms with Crippen molar-refractivity contribution < 1.29 is 14.7 Å². The third-order valence-electron chi connectivity index (χ3n) is 6.76. The van der Waals surface area contributed by atoms with Gasteiger partial charge >= 0.3 is 0 Å². The minimum absolute atomic E-state index is 0.0225. The van der Waals surface area contributed by atoms with Crippen LogP contribution >= 0.6 is 22.9 Å². The summed E-state index contributed by atoms with van der Waals surface area (Å²) in [7, 11) is 0. The predicted molar refractivity (Wildman–Crippen MR) is 143 cm³/mol. The number of piperazine rings is 1. The molecule has 0 bridgehead atoms. The van der Waals surface area contributed by atoms with E-state index in [0.29, 0.717) is 44.8 Å². The fourth-order valence-electron chi connectivity index (χ4n) is 4.71. The van der Waals surface area contributed by atoms with Crippen LogP contribution < -0.4 is 10.2 Å². The summed E-state index contributed by atoms with van der Waals surface area (Å²) >= 11 is 7.55. The summed E-state index contributed by atoms with van der Waals surface area (Å²) in [6.07, 6.45) is 2.52. The number of phenols is 1. The Bertz CT molecular complexity index is 1210. The molecule has 1 atom stereocenters. The third-order valence-corrected chi connectivity index (χ3v) is 7.89. The quantitative estimate of drug-likeness (QED) is 0.476. The van der Waals surface area contributed by atoms with E-state index >= 15 is 0 Å². The van der Waals surface area contributed by atoms with Gasteiger partial charge in [-0.05, 0) is 55.4 Å². The Morgan fingerprint density at radius 3 is 2.56 bits per heavy atom. The molecular formula is C26H28ClN5O3S. The highest BCUT2D eigenvalue weighted by atomic mass is 35.5. The summed E-state index contributed by atoms with van der Waals surface area (Å²) in [6, 6.07) is 13.0. The van der Waals surface area contributed by atoms with Gasteiger partial charge in [-0.2, -0.15) is 0 Å². The van der Waals surface area contributed by atoms with Gasteiger partial charge < -0.3 is 20.2 Å². The zero-order valence-electron chi connectivity index (χ0n) is 19.8. The molecule has 2 aliphatic heterocycles. The summed E-state index contributed by atoms with van der Waals surface area (Å²) in [6.45, 7) is 4.56. The fourth-order valence-corrected chi connectivity index (χ4v) is 5.53. The highest BCUT2D eigenvalue weighted by Gasteiger charge is 2.31. The van der Waals surface area contributed by atoms with E-state index in [4.69, 9.17) is 11.6 Å². The molecule has 188 valence electrons. The van der Waals surface area contributed by atoms with Gasteiger partial charge in [-0.1, -0.05) is 11.6 Å². The molecule has 0 spiro atoms. The molecule has 10 heteroatoms. The highest BCUT2D eigenvalue weighted by molar-refractivity contribution is 7.13. The molecular weight excluding hydrogens is 498 g/mol. The smallest absolute Gasteiger partial charge is 0.236 e. The van der Waals surface area contributed by atoms with Crippen LogP contribution in [0.15, 0.2) is 54.0 Å². The van der Waals surface area contributed by atoms with E-state index in [9.17, 15) is 14.7 Å². The van der Waals surface area contributed by atoms with Crippen LogP contribution in [0.4, 0.5) is 11.4 Å². The topological polar surface area (TPSA) is 89.0 Å². The van der Waals surface area contributed by atoms with Crippen LogP contribution in [0.25, 0.3) is 10.6 Å². The molecule has 2 N–H and O–H groups in total. The van der Waals surface area contributed by atoms with Gasteiger partial charge in [0.2, 0.25) is 11.8 Å². The highest BCUT2D eigenvalue weighted by Crippen LogP contribution is 2.28. The lowest BCUT2D eigenvalue weighted by atomic mass is 10.1. The van der Waals surface area contributed by atoms with Gasteiger partial charge in [-0.25, -0.2) is 4.98 Å². The third kappa shape index (κ3) is 5.64. The molecule has 3 heterocycles. The molecule has 2 saturated heterocycles. The largest absolute Gasteiger partial charge is 0.506 e. The van der Waals surface area contributed by atoms with Crippen LogP contribution in [-0.2, 0) is 9.59 Å². The number of nitrogens with one attached hydrogen (secondary N) is 1. The van der Waals surface area contributed by atoms with E-state index in [1.165, 1.54) is 12.1 Å².